The second-order valence-corrected chi connectivity index (χ2v) is 3.63. The number of pyridine rings is 1. The molecule has 1 N–H and O–H groups in total. The third-order valence-electron chi connectivity index (χ3n) is 2.46. The summed E-state index contributed by atoms with van der Waals surface area (Å²) in [4.78, 5) is 4.20. The van der Waals surface area contributed by atoms with E-state index in [0.717, 1.165) is 18.8 Å². The fourth-order valence-electron chi connectivity index (χ4n) is 1.69. The van der Waals surface area contributed by atoms with Gasteiger partial charge in [-0.3, -0.25) is 4.98 Å². The van der Waals surface area contributed by atoms with Gasteiger partial charge in [-0.05, 0) is 31.5 Å². The maximum Gasteiger partial charge on any atom is 0.0888 e. The average molecular weight is 229 g/mol. The van der Waals surface area contributed by atoms with E-state index in [1.54, 1.807) is 6.20 Å². The number of hydrogen-bond donors (Lipinski definition) is 1. The number of ether oxygens (including phenoxy) is 1. The fourth-order valence-corrected chi connectivity index (χ4v) is 1.69. The Morgan fingerprint density at radius 3 is 3.07 bits per heavy atom. The van der Waals surface area contributed by atoms with Gasteiger partial charge in [0.15, 0.2) is 0 Å². The van der Waals surface area contributed by atoms with Crippen LogP contribution in [0.1, 0.15) is 18.5 Å². The van der Waals surface area contributed by atoms with Gasteiger partial charge >= 0.3 is 0 Å². The molecule has 0 spiro atoms. The minimum Gasteiger partial charge on any atom is -0.374 e. The minimum atomic E-state index is 0. The van der Waals surface area contributed by atoms with Crippen molar-refractivity contribution in [3.63, 3.8) is 0 Å². The van der Waals surface area contributed by atoms with Crippen LogP contribution in [0.2, 0.25) is 0 Å². The van der Waals surface area contributed by atoms with Crippen molar-refractivity contribution < 1.29 is 4.74 Å². The fraction of sp³-hybridized carbons (Fsp3) is 0.545. The molecule has 2 rings (SSSR count). The van der Waals surface area contributed by atoms with Crippen molar-refractivity contribution in [1.29, 1.82) is 0 Å². The lowest BCUT2D eigenvalue weighted by molar-refractivity contribution is 0.101. The van der Waals surface area contributed by atoms with Crippen LogP contribution in [0, 0.1) is 0 Å². The van der Waals surface area contributed by atoms with Crippen LogP contribution >= 0.6 is 12.4 Å². The quantitative estimate of drug-likeness (QED) is 0.853. The number of nitrogens with zero attached hydrogens (tertiary/aromatic N) is 1. The Bertz CT molecular complexity index is 263. The van der Waals surface area contributed by atoms with Crippen molar-refractivity contribution in [2.75, 3.05) is 13.2 Å². The molecule has 4 heteroatoms. The zero-order valence-electron chi connectivity index (χ0n) is 8.69. The lowest BCUT2D eigenvalue weighted by Gasteiger charge is -2.10. The molecule has 1 aromatic rings. The van der Waals surface area contributed by atoms with E-state index in [4.69, 9.17) is 4.74 Å². The third-order valence-corrected chi connectivity index (χ3v) is 2.46. The molecule has 0 saturated carbocycles. The van der Waals surface area contributed by atoms with Crippen molar-refractivity contribution >= 4 is 12.4 Å². The first-order chi connectivity index (χ1) is 6.95. The molecule has 0 amide bonds. The summed E-state index contributed by atoms with van der Waals surface area (Å²) < 4.78 is 5.58. The standard InChI is InChI=1S/C11H16N2O.ClH/c1-2-6-12-10(4-1)8-14-9-11-5-3-7-13-11;/h1-2,4,6,11,13H,3,5,7-9H2;1H. The Hall–Kier alpha value is -0.640. The van der Waals surface area contributed by atoms with Crippen molar-refractivity contribution in [2.45, 2.75) is 25.5 Å². The SMILES string of the molecule is Cl.c1ccc(COCC2CCCN2)nc1. The molecule has 1 aliphatic heterocycles. The maximum absolute atomic E-state index is 5.58. The van der Waals surface area contributed by atoms with Crippen LogP contribution in [-0.4, -0.2) is 24.2 Å². The van der Waals surface area contributed by atoms with Crippen LogP contribution in [0.5, 0.6) is 0 Å². The molecule has 84 valence electrons. The highest BCUT2D eigenvalue weighted by Crippen LogP contribution is 2.06. The Morgan fingerprint density at radius 1 is 1.47 bits per heavy atom. The first-order valence-electron chi connectivity index (χ1n) is 5.16. The summed E-state index contributed by atoms with van der Waals surface area (Å²) in [7, 11) is 0. The largest absolute Gasteiger partial charge is 0.374 e. The van der Waals surface area contributed by atoms with Crippen molar-refractivity contribution in [3.8, 4) is 0 Å². The highest BCUT2D eigenvalue weighted by atomic mass is 35.5. The minimum absolute atomic E-state index is 0. The van der Waals surface area contributed by atoms with Gasteiger partial charge in [0.1, 0.15) is 0 Å². The molecule has 1 aromatic heterocycles. The number of rotatable bonds is 4. The van der Waals surface area contributed by atoms with E-state index in [9.17, 15) is 0 Å². The monoisotopic (exact) mass is 228 g/mol. The van der Waals surface area contributed by atoms with E-state index < -0.39 is 0 Å². The molecule has 1 aliphatic rings. The van der Waals surface area contributed by atoms with Gasteiger partial charge in [0.25, 0.3) is 0 Å². The molecule has 1 saturated heterocycles. The smallest absolute Gasteiger partial charge is 0.0888 e. The Labute approximate surface area is 96.7 Å². The van der Waals surface area contributed by atoms with Crippen molar-refractivity contribution in [1.82, 2.24) is 10.3 Å². The van der Waals surface area contributed by atoms with Crippen LogP contribution in [0.3, 0.4) is 0 Å². The van der Waals surface area contributed by atoms with Gasteiger partial charge in [-0.15, -0.1) is 12.4 Å². The van der Waals surface area contributed by atoms with Crippen LogP contribution in [0.4, 0.5) is 0 Å². The van der Waals surface area contributed by atoms with Gasteiger partial charge in [-0.1, -0.05) is 6.07 Å². The summed E-state index contributed by atoms with van der Waals surface area (Å²) in [5.74, 6) is 0. The first kappa shape index (κ1) is 12.4. The topological polar surface area (TPSA) is 34.1 Å². The summed E-state index contributed by atoms with van der Waals surface area (Å²) in [5.41, 5.74) is 1.01. The molecule has 0 aromatic carbocycles. The molecule has 15 heavy (non-hydrogen) atoms. The zero-order chi connectivity index (χ0) is 9.64. The molecule has 0 bridgehead atoms. The van der Waals surface area contributed by atoms with Crippen molar-refractivity contribution in [2.24, 2.45) is 0 Å². The maximum atomic E-state index is 5.58. The summed E-state index contributed by atoms with van der Waals surface area (Å²) in [5, 5.41) is 3.40. The first-order valence-corrected chi connectivity index (χ1v) is 5.16. The second-order valence-electron chi connectivity index (χ2n) is 3.63. The third kappa shape index (κ3) is 4.16. The molecular weight excluding hydrogens is 212 g/mol. The summed E-state index contributed by atoms with van der Waals surface area (Å²) >= 11 is 0. The molecule has 0 radical (unpaired) electrons. The van der Waals surface area contributed by atoms with Crippen LogP contribution < -0.4 is 5.32 Å². The lowest BCUT2D eigenvalue weighted by Crippen LogP contribution is -2.26. The molecule has 1 atom stereocenters. The molecular formula is C11H17ClN2O. The van der Waals surface area contributed by atoms with E-state index in [2.05, 4.69) is 10.3 Å². The number of halogens is 1. The van der Waals surface area contributed by atoms with Crippen LogP contribution in [0.25, 0.3) is 0 Å². The summed E-state index contributed by atoms with van der Waals surface area (Å²) in [6, 6.07) is 6.45. The Morgan fingerprint density at radius 2 is 2.40 bits per heavy atom. The normalized spacial score (nSPS) is 19.9. The van der Waals surface area contributed by atoms with Gasteiger partial charge in [0, 0.05) is 12.2 Å². The molecule has 1 fully saturated rings. The number of nitrogens with one attached hydrogen (secondary N) is 1. The number of aromatic nitrogens is 1. The highest BCUT2D eigenvalue weighted by Gasteiger charge is 2.13. The molecule has 0 aliphatic carbocycles. The highest BCUT2D eigenvalue weighted by molar-refractivity contribution is 5.85. The van der Waals surface area contributed by atoms with E-state index >= 15 is 0 Å². The predicted octanol–water partition coefficient (Wildman–Crippen LogP) is 1.77. The number of hydrogen-bond acceptors (Lipinski definition) is 3. The molecule has 2 heterocycles. The molecule has 3 nitrogen and oxygen atoms in total. The summed E-state index contributed by atoms with van der Waals surface area (Å²) in [6.45, 7) is 2.56. The van der Waals surface area contributed by atoms with Gasteiger partial charge in [0.05, 0.1) is 18.9 Å². The van der Waals surface area contributed by atoms with Gasteiger partial charge in [0.2, 0.25) is 0 Å². The van der Waals surface area contributed by atoms with Gasteiger partial charge < -0.3 is 10.1 Å². The zero-order valence-corrected chi connectivity index (χ0v) is 9.50. The van der Waals surface area contributed by atoms with Gasteiger partial charge in [-0.2, -0.15) is 0 Å². The van der Waals surface area contributed by atoms with Crippen molar-refractivity contribution in [3.05, 3.63) is 30.1 Å². The van der Waals surface area contributed by atoms with E-state index in [-0.39, 0.29) is 12.4 Å². The molecule has 1 unspecified atom stereocenters. The van der Waals surface area contributed by atoms with E-state index in [1.165, 1.54) is 12.8 Å². The van der Waals surface area contributed by atoms with Gasteiger partial charge in [-0.25, -0.2) is 0 Å². The Kier molecular flexibility index (Phi) is 5.61. The van der Waals surface area contributed by atoms with Crippen LogP contribution in [0.15, 0.2) is 24.4 Å². The predicted molar refractivity (Wildman–Crippen MR) is 62.2 cm³/mol. The van der Waals surface area contributed by atoms with Crippen LogP contribution in [-0.2, 0) is 11.3 Å². The summed E-state index contributed by atoms with van der Waals surface area (Å²) in [6.07, 6.45) is 4.31. The van der Waals surface area contributed by atoms with E-state index in [0.29, 0.717) is 12.6 Å². The lowest BCUT2D eigenvalue weighted by atomic mass is 10.2. The second kappa shape index (κ2) is 6.77. The average Bonchev–Trinajstić information content (AvgIpc) is 2.72. The van der Waals surface area contributed by atoms with E-state index in [1.807, 2.05) is 18.2 Å². The Balaban J connectivity index is 0.00000112.